The zero-order chi connectivity index (χ0) is 26.3. The predicted molar refractivity (Wildman–Crippen MR) is 122 cm³/mol. The number of carbonyl (C=O) groups is 1. The number of halogens is 6. The molecule has 3 nitrogen and oxygen atoms in total. The number of alkyl halides is 6. The Balaban J connectivity index is 1.75. The van der Waals surface area contributed by atoms with Crippen LogP contribution in [0.5, 0.6) is 5.75 Å². The molecule has 1 aliphatic carbocycles. The maximum atomic E-state index is 13.1. The molecule has 1 N–H and O–H groups in total. The van der Waals surface area contributed by atoms with Crippen LogP contribution >= 0.6 is 0 Å². The summed E-state index contributed by atoms with van der Waals surface area (Å²) in [5.74, 6) is -1.48. The van der Waals surface area contributed by atoms with Crippen molar-refractivity contribution >= 4 is 5.97 Å². The highest BCUT2D eigenvalue weighted by molar-refractivity contribution is 5.86. The van der Waals surface area contributed by atoms with E-state index in [1.54, 1.807) is 30.3 Å². The first-order valence-corrected chi connectivity index (χ1v) is 11.2. The van der Waals surface area contributed by atoms with Gasteiger partial charge in [-0.3, -0.25) is 4.79 Å². The molecular formula is C27H22F6O3. The van der Waals surface area contributed by atoms with Crippen LogP contribution < -0.4 is 4.74 Å². The van der Waals surface area contributed by atoms with Gasteiger partial charge in [0.1, 0.15) is 5.75 Å². The van der Waals surface area contributed by atoms with Crippen LogP contribution in [0.1, 0.15) is 30.4 Å². The van der Waals surface area contributed by atoms with Crippen LogP contribution in [0.15, 0.2) is 66.7 Å². The fourth-order valence-corrected chi connectivity index (χ4v) is 4.37. The normalized spacial score (nSPS) is 18.5. The van der Waals surface area contributed by atoms with Crippen LogP contribution in [0.2, 0.25) is 0 Å². The molecule has 0 amide bonds. The molecule has 0 spiro atoms. The maximum Gasteiger partial charge on any atom is 0.422 e. The van der Waals surface area contributed by atoms with Crippen LogP contribution in [-0.4, -0.2) is 23.9 Å². The fraction of sp³-hybridized carbons (Fsp3) is 0.296. The SMILES string of the molecule is CC1CC1C(C(=O)O)c1ccc(-c2ccc(OCC(F)(F)F)cc2)c(-c2ccc(C(F)(F)F)cc2)c1. The Morgan fingerprint density at radius 3 is 1.97 bits per heavy atom. The van der Waals surface area contributed by atoms with Crippen molar-refractivity contribution in [2.24, 2.45) is 11.8 Å². The molecule has 9 heteroatoms. The summed E-state index contributed by atoms with van der Waals surface area (Å²) in [6, 6.07) is 15.4. The lowest BCUT2D eigenvalue weighted by Gasteiger charge is -2.18. The first-order valence-electron chi connectivity index (χ1n) is 11.2. The minimum absolute atomic E-state index is 0.0115. The van der Waals surface area contributed by atoms with Crippen molar-refractivity contribution in [3.8, 4) is 28.0 Å². The molecule has 0 aromatic heterocycles. The van der Waals surface area contributed by atoms with Gasteiger partial charge in [-0.2, -0.15) is 26.3 Å². The molecule has 3 aromatic rings. The first kappa shape index (κ1) is 25.6. The summed E-state index contributed by atoms with van der Waals surface area (Å²) in [6.07, 6.45) is -8.22. The third-order valence-electron chi connectivity index (χ3n) is 6.36. The van der Waals surface area contributed by atoms with Gasteiger partial charge in [-0.15, -0.1) is 0 Å². The zero-order valence-electron chi connectivity index (χ0n) is 19.0. The molecule has 3 aromatic carbocycles. The first-order chi connectivity index (χ1) is 16.8. The summed E-state index contributed by atoms with van der Waals surface area (Å²) >= 11 is 0. The van der Waals surface area contributed by atoms with E-state index in [2.05, 4.69) is 0 Å². The Morgan fingerprint density at radius 2 is 1.47 bits per heavy atom. The van der Waals surface area contributed by atoms with Gasteiger partial charge in [0.2, 0.25) is 0 Å². The van der Waals surface area contributed by atoms with Crippen molar-refractivity contribution in [2.75, 3.05) is 6.61 Å². The average Bonchev–Trinajstić information content (AvgIpc) is 3.52. The van der Waals surface area contributed by atoms with Crippen LogP contribution in [0.3, 0.4) is 0 Å². The summed E-state index contributed by atoms with van der Waals surface area (Å²) in [5.41, 5.74) is 1.87. The molecule has 36 heavy (non-hydrogen) atoms. The Morgan fingerprint density at radius 1 is 0.917 bits per heavy atom. The lowest BCUT2D eigenvalue weighted by atomic mass is 9.86. The lowest BCUT2D eigenvalue weighted by molar-refractivity contribution is -0.153. The molecule has 1 aliphatic rings. The molecule has 1 saturated carbocycles. The van der Waals surface area contributed by atoms with Gasteiger partial charge in [0, 0.05) is 0 Å². The number of hydrogen-bond acceptors (Lipinski definition) is 2. The molecule has 3 atom stereocenters. The van der Waals surface area contributed by atoms with Crippen molar-refractivity contribution in [1.29, 1.82) is 0 Å². The van der Waals surface area contributed by atoms with Gasteiger partial charge >= 0.3 is 18.3 Å². The second-order valence-corrected chi connectivity index (χ2v) is 9.00. The van der Waals surface area contributed by atoms with Crippen molar-refractivity contribution in [3.63, 3.8) is 0 Å². The highest BCUT2D eigenvalue weighted by atomic mass is 19.4. The van der Waals surface area contributed by atoms with Gasteiger partial charge < -0.3 is 9.84 Å². The van der Waals surface area contributed by atoms with Gasteiger partial charge in [-0.25, -0.2) is 0 Å². The highest BCUT2D eigenvalue weighted by Crippen LogP contribution is 2.49. The van der Waals surface area contributed by atoms with E-state index >= 15 is 0 Å². The summed E-state index contributed by atoms with van der Waals surface area (Å²) in [7, 11) is 0. The number of carboxylic acid groups (broad SMARTS) is 1. The Hall–Kier alpha value is -3.49. The van der Waals surface area contributed by atoms with E-state index < -0.39 is 36.4 Å². The average molecular weight is 508 g/mol. The Labute approximate surface area is 203 Å². The zero-order valence-corrected chi connectivity index (χ0v) is 19.0. The standard InChI is InChI=1S/C27H22F6O3/c1-15-12-22(15)24(25(34)35)18-6-11-21(16-4-9-20(10-5-16)36-14-26(28,29)30)23(13-18)17-2-7-19(8-3-17)27(31,32)33/h2-11,13,15,22,24H,12,14H2,1H3,(H,34,35). The third kappa shape index (κ3) is 5.83. The largest absolute Gasteiger partial charge is 0.484 e. The monoisotopic (exact) mass is 508 g/mol. The van der Waals surface area contributed by atoms with Crippen molar-refractivity contribution in [1.82, 2.24) is 0 Å². The van der Waals surface area contributed by atoms with E-state index in [9.17, 15) is 36.2 Å². The van der Waals surface area contributed by atoms with E-state index in [4.69, 9.17) is 4.74 Å². The summed E-state index contributed by atoms with van der Waals surface area (Å²) in [6.45, 7) is 0.530. The Kier molecular flexibility index (Phi) is 6.77. The number of hydrogen-bond donors (Lipinski definition) is 1. The molecule has 0 bridgehead atoms. The number of ether oxygens (including phenoxy) is 1. The van der Waals surface area contributed by atoms with Crippen molar-refractivity contribution in [3.05, 3.63) is 77.9 Å². The number of rotatable bonds is 7. The number of carboxylic acids is 1. The quantitative estimate of drug-likeness (QED) is 0.331. The van der Waals surface area contributed by atoms with E-state index in [0.717, 1.165) is 18.6 Å². The summed E-state index contributed by atoms with van der Waals surface area (Å²) < 4.78 is 81.3. The van der Waals surface area contributed by atoms with E-state index in [1.807, 2.05) is 6.92 Å². The van der Waals surface area contributed by atoms with E-state index in [0.29, 0.717) is 27.8 Å². The summed E-state index contributed by atoms with van der Waals surface area (Å²) in [4.78, 5) is 12.0. The molecule has 3 unspecified atom stereocenters. The molecule has 4 rings (SSSR count). The minimum Gasteiger partial charge on any atom is -0.484 e. The lowest BCUT2D eigenvalue weighted by Crippen LogP contribution is -2.19. The van der Waals surface area contributed by atoms with Crippen LogP contribution in [0.25, 0.3) is 22.3 Å². The third-order valence-corrected chi connectivity index (χ3v) is 6.36. The number of aliphatic carboxylic acids is 1. The van der Waals surface area contributed by atoms with Gasteiger partial charge in [0.25, 0.3) is 0 Å². The molecule has 0 heterocycles. The van der Waals surface area contributed by atoms with Crippen molar-refractivity contribution in [2.45, 2.75) is 31.6 Å². The minimum atomic E-state index is -4.51. The molecule has 0 radical (unpaired) electrons. The van der Waals surface area contributed by atoms with Gasteiger partial charge in [0.05, 0.1) is 11.5 Å². The maximum absolute atomic E-state index is 13.1. The topological polar surface area (TPSA) is 46.5 Å². The second-order valence-electron chi connectivity index (χ2n) is 9.00. The fourth-order valence-electron chi connectivity index (χ4n) is 4.37. The Bertz CT molecular complexity index is 1230. The van der Waals surface area contributed by atoms with Gasteiger partial charge in [-0.1, -0.05) is 43.3 Å². The van der Waals surface area contributed by atoms with Crippen LogP contribution in [-0.2, 0) is 11.0 Å². The van der Waals surface area contributed by atoms with Crippen LogP contribution in [0, 0.1) is 11.8 Å². The summed E-state index contributed by atoms with van der Waals surface area (Å²) in [5, 5.41) is 9.85. The highest BCUT2D eigenvalue weighted by Gasteiger charge is 2.44. The number of benzene rings is 3. The molecule has 0 aliphatic heterocycles. The molecular weight excluding hydrogens is 486 g/mol. The smallest absolute Gasteiger partial charge is 0.422 e. The molecule has 190 valence electrons. The predicted octanol–water partition coefficient (Wildman–Crippen LogP) is 7.80. The van der Waals surface area contributed by atoms with E-state index in [-0.39, 0.29) is 17.6 Å². The van der Waals surface area contributed by atoms with Crippen LogP contribution in [0.4, 0.5) is 26.3 Å². The van der Waals surface area contributed by atoms with E-state index in [1.165, 1.54) is 24.3 Å². The molecule has 0 saturated heterocycles. The molecule has 1 fully saturated rings. The van der Waals surface area contributed by atoms with Gasteiger partial charge in [-0.05, 0) is 76.4 Å². The van der Waals surface area contributed by atoms with Gasteiger partial charge in [0.15, 0.2) is 6.61 Å². The second kappa shape index (κ2) is 9.52. The van der Waals surface area contributed by atoms with Crippen molar-refractivity contribution < 1.29 is 41.0 Å².